The molecule has 0 aromatic carbocycles. The number of carbonyl (C=O) groups is 1. The average molecular weight is 146 g/mol. The summed E-state index contributed by atoms with van der Waals surface area (Å²) in [5, 5.41) is 0. The van der Waals surface area contributed by atoms with Gasteiger partial charge in [0.15, 0.2) is 5.78 Å². The van der Waals surface area contributed by atoms with Gasteiger partial charge in [-0.1, -0.05) is 0 Å². The minimum atomic E-state index is -1.02. The van der Waals surface area contributed by atoms with Gasteiger partial charge >= 0.3 is 0 Å². The summed E-state index contributed by atoms with van der Waals surface area (Å²) in [6, 6.07) is 0. The van der Waals surface area contributed by atoms with Crippen molar-refractivity contribution < 1.29 is 19.0 Å². The molecule has 0 aromatic heterocycles. The van der Waals surface area contributed by atoms with Crippen molar-refractivity contribution >= 4 is 5.78 Å². The number of Topliss-reactive ketones (excluding diaryl/α,β-unsaturated/α-hetero) is 1. The lowest BCUT2D eigenvalue weighted by Gasteiger charge is -2.30. The Hall–Kier alpha value is -0.450. The van der Waals surface area contributed by atoms with Crippen LogP contribution in [-0.2, 0) is 19.0 Å². The van der Waals surface area contributed by atoms with E-state index in [2.05, 4.69) is 0 Å². The third-order valence-corrected chi connectivity index (χ3v) is 1.36. The Balaban J connectivity index is 2.46. The van der Waals surface area contributed by atoms with E-state index in [-0.39, 0.29) is 19.0 Å². The van der Waals surface area contributed by atoms with Crippen LogP contribution in [0.15, 0.2) is 0 Å². The van der Waals surface area contributed by atoms with E-state index in [0.29, 0.717) is 0 Å². The molecule has 1 heterocycles. The summed E-state index contributed by atoms with van der Waals surface area (Å²) in [7, 11) is 1.47. The monoisotopic (exact) mass is 146 g/mol. The molecule has 1 fully saturated rings. The summed E-state index contributed by atoms with van der Waals surface area (Å²) in [5.41, 5.74) is 0. The first-order valence-corrected chi connectivity index (χ1v) is 3.01. The third kappa shape index (κ3) is 1.53. The molecule has 0 saturated carbocycles. The van der Waals surface area contributed by atoms with Gasteiger partial charge < -0.3 is 14.2 Å². The molecule has 1 saturated heterocycles. The van der Waals surface area contributed by atoms with Crippen LogP contribution in [0.1, 0.15) is 6.92 Å². The standard InChI is InChI=1S/C6H10O4/c1-6(8-2)9-3-5(7)4-10-6/h3-4H2,1-2H3. The van der Waals surface area contributed by atoms with Gasteiger partial charge in [-0.05, 0) is 0 Å². The summed E-state index contributed by atoms with van der Waals surface area (Å²) < 4.78 is 14.7. The van der Waals surface area contributed by atoms with Crippen molar-refractivity contribution in [2.45, 2.75) is 12.9 Å². The zero-order valence-corrected chi connectivity index (χ0v) is 6.05. The van der Waals surface area contributed by atoms with E-state index >= 15 is 0 Å². The number of rotatable bonds is 1. The predicted octanol–water partition coefficient (Wildman–Crippen LogP) is -0.0776. The molecule has 1 aliphatic heterocycles. The lowest BCUT2D eigenvalue weighted by molar-refractivity contribution is -0.366. The molecule has 0 amide bonds. The van der Waals surface area contributed by atoms with Gasteiger partial charge in [-0.2, -0.15) is 0 Å². The van der Waals surface area contributed by atoms with Gasteiger partial charge in [0.2, 0.25) is 0 Å². The second-order valence-corrected chi connectivity index (χ2v) is 2.18. The van der Waals surface area contributed by atoms with Crippen LogP contribution in [0.2, 0.25) is 0 Å². The van der Waals surface area contributed by atoms with Crippen molar-refractivity contribution in [2.75, 3.05) is 20.3 Å². The van der Waals surface area contributed by atoms with Gasteiger partial charge in [-0.3, -0.25) is 4.79 Å². The minimum absolute atomic E-state index is 0.0606. The molecule has 0 spiro atoms. The highest BCUT2D eigenvalue weighted by molar-refractivity contribution is 5.81. The maximum atomic E-state index is 10.6. The number of carbonyl (C=O) groups excluding carboxylic acids is 1. The third-order valence-electron chi connectivity index (χ3n) is 1.36. The molecule has 4 heteroatoms. The van der Waals surface area contributed by atoms with E-state index in [9.17, 15) is 4.79 Å². The number of hydrogen-bond acceptors (Lipinski definition) is 4. The van der Waals surface area contributed by atoms with E-state index < -0.39 is 5.97 Å². The minimum Gasteiger partial charge on any atom is -0.331 e. The smallest absolute Gasteiger partial charge is 0.280 e. The second kappa shape index (κ2) is 2.65. The van der Waals surface area contributed by atoms with Crippen LogP contribution >= 0.6 is 0 Å². The molecule has 0 N–H and O–H groups in total. The van der Waals surface area contributed by atoms with Crippen molar-refractivity contribution in [2.24, 2.45) is 0 Å². The molecule has 0 aliphatic carbocycles. The van der Waals surface area contributed by atoms with E-state index in [4.69, 9.17) is 14.2 Å². The van der Waals surface area contributed by atoms with Crippen molar-refractivity contribution in [1.29, 1.82) is 0 Å². The zero-order valence-electron chi connectivity index (χ0n) is 6.05. The fourth-order valence-electron chi connectivity index (χ4n) is 0.624. The summed E-state index contributed by atoms with van der Waals surface area (Å²) in [6.07, 6.45) is 0. The van der Waals surface area contributed by atoms with Gasteiger partial charge in [0.1, 0.15) is 13.2 Å². The Morgan fingerprint density at radius 2 is 2.00 bits per heavy atom. The summed E-state index contributed by atoms with van der Waals surface area (Å²) in [6.45, 7) is 1.77. The molecule has 1 rings (SSSR count). The van der Waals surface area contributed by atoms with Crippen LogP contribution in [0.3, 0.4) is 0 Å². The van der Waals surface area contributed by atoms with Gasteiger partial charge in [0.05, 0.1) is 0 Å². The predicted molar refractivity (Wildman–Crippen MR) is 32.3 cm³/mol. The Morgan fingerprint density at radius 3 is 2.40 bits per heavy atom. The van der Waals surface area contributed by atoms with Gasteiger partial charge in [0.25, 0.3) is 5.97 Å². The maximum absolute atomic E-state index is 10.6. The topological polar surface area (TPSA) is 44.8 Å². The number of methoxy groups -OCH3 is 1. The van der Waals surface area contributed by atoms with Crippen LogP contribution in [0, 0.1) is 0 Å². The summed E-state index contributed by atoms with van der Waals surface area (Å²) in [4.78, 5) is 10.6. The summed E-state index contributed by atoms with van der Waals surface area (Å²) >= 11 is 0. The molecule has 0 bridgehead atoms. The highest BCUT2D eigenvalue weighted by Gasteiger charge is 2.31. The van der Waals surface area contributed by atoms with Crippen LogP contribution in [0.5, 0.6) is 0 Å². The van der Waals surface area contributed by atoms with Crippen LogP contribution in [0.4, 0.5) is 0 Å². The first-order valence-electron chi connectivity index (χ1n) is 3.01. The van der Waals surface area contributed by atoms with Crippen molar-refractivity contribution in [3.8, 4) is 0 Å². The molecule has 0 radical (unpaired) electrons. The zero-order chi connectivity index (χ0) is 7.61. The van der Waals surface area contributed by atoms with E-state index in [1.54, 1.807) is 6.92 Å². The van der Waals surface area contributed by atoms with E-state index in [0.717, 1.165) is 0 Å². The molecular weight excluding hydrogens is 136 g/mol. The Bertz CT molecular complexity index is 133. The quantitative estimate of drug-likeness (QED) is 0.519. The molecule has 4 nitrogen and oxygen atoms in total. The Kier molecular flexibility index (Phi) is 2.03. The molecule has 1 aliphatic rings. The van der Waals surface area contributed by atoms with Crippen molar-refractivity contribution in [1.82, 2.24) is 0 Å². The van der Waals surface area contributed by atoms with E-state index in [1.165, 1.54) is 7.11 Å². The second-order valence-electron chi connectivity index (χ2n) is 2.18. The average Bonchev–Trinajstić information content (AvgIpc) is 1.96. The number of hydrogen-bond donors (Lipinski definition) is 0. The first kappa shape index (κ1) is 7.65. The number of ether oxygens (including phenoxy) is 3. The fraction of sp³-hybridized carbons (Fsp3) is 0.833. The van der Waals surface area contributed by atoms with E-state index in [1.807, 2.05) is 0 Å². The largest absolute Gasteiger partial charge is 0.331 e. The molecule has 10 heavy (non-hydrogen) atoms. The van der Waals surface area contributed by atoms with Gasteiger partial charge in [-0.15, -0.1) is 0 Å². The lowest BCUT2D eigenvalue weighted by Crippen LogP contribution is -2.43. The Morgan fingerprint density at radius 1 is 1.50 bits per heavy atom. The van der Waals surface area contributed by atoms with Crippen molar-refractivity contribution in [3.63, 3.8) is 0 Å². The molecule has 0 unspecified atom stereocenters. The Labute approximate surface area is 59.1 Å². The first-order chi connectivity index (χ1) is 4.66. The molecular formula is C6H10O4. The lowest BCUT2D eigenvalue weighted by atomic mass is 10.4. The van der Waals surface area contributed by atoms with Gasteiger partial charge in [0, 0.05) is 14.0 Å². The maximum Gasteiger partial charge on any atom is 0.280 e. The number of ketones is 1. The summed E-state index contributed by atoms with van der Waals surface area (Å²) in [5.74, 6) is -1.08. The van der Waals surface area contributed by atoms with Crippen LogP contribution < -0.4 is 0 Å². The highest BCUT2D eigenvalue weighted by atomic mass is 16.9. The normalized spacial score (nSPS) is 24.8. The molecule has 0 atom stereocenters. The highest BCUT2D eigenvalue weighted by Crippen LogP contribution is 2.16. The van der Waals surface area contributed by atoms with Crippen molar-refractivity contribution in [3.05, 3.63) is 0 Å². The van der Waals surface area contributed by atoms with Crippen LogP contribution in [0.25, 0.3) is 0 Å². The molecule has 58 valence electrons. The van der Waals surface area contributed by atoms with Gasteiger partial charge in [-0.25, -0.2) is 0 Å². The SMILES string of the molecule is COC1(C)OCC(=O)CO1. The fourth-order valence-corrected chi connectivity index (χ4v) is 0.624. The molecule has 0 aromatic rings. The van der Waals surface area contributed by atoms with Crippen LogP contribution in [-0.4, -0.2) is 32.1 Å².